The second-order valence-corrected chi connectivity index (χ2v) is 9.93. The summed E-state index contributed by atoms with van der Waals surface area (Å²) in [4.78, 5) is 12.6. The molecule has 0 aliphatic heterocycles. The quantitative estimate of drug-likeness (QED) is 0.203. The monoisotopic (exact) mass is 581 g/mol. The van der Waals surface area contributed by atoms with E-state index in [1.165, 1.54) is 32.2 Å². The van der Waals surface area contributed by atoms with Gasteiger partial charge in [0, 0.05) is 10.9 Å². The normalized spacial score (nSPS) is 11.4. The first kappa shape index (κ1) is 29.9. The van der Waals surface area contributed by atoms with Crippen molar-refractivity contribution in [2.24, 2.45) is 10.2 Å². The average molecular weight is 582 g/mol. The summed E-state index contributed by atoms with van der Waals surface area (Å²) in [6.45, 7) is 1.45. The molecule has 0 unspecified atom stereocenters. The Balaban J connectivity index is 0.00000400. The van der Waals surface area contributed by atoms with E-state index in [4.69, 9.17) is 27.9 Å². The number of methoxy groups -OCH3 is 1. The number of halogens is 2. The molecule has 0 spiro atoms. The summed E-state index contributed by atoms with van der Waals surface area (Å²) in [7, 11) is -3.20. The van der Waals surface area contributed by atoms with Crippen molar-refractivity contribution in [2.45, 2.75) is 11.8 Å². The molecule has 0 radical (unpaired) electrons. The molecule has 0 saturated heterocycles. The van der Waals surface area contributed by atoms with Crippen LogP contribution in [0.25, 0.3) is 10.8 Å². The zero-order valence-electron chi connectivity index (χ0n) is 20.3. The van der Waals surface area contributed by atoms with Gasteiger partial charge in [-0.05, 0) is 42.1 Å². The summed E-state index contributed by atoms with van der Waals surface area (Å²) >= 11 is 12.4. The molecule has 0 bridgehead atoms. The largest absolute Gasteiger partial charge is 1.00 e. The van der Waals surface area contributed by atoms with E-state index in [0.717, 1.165) is 0 Å². The van der Waals surface area contributed by atoms with E-state index >= 15 is 0 Å². The summed E-state index contributed by atoms with van der Waals surface area (Å²) in [6, 6.07) is 15.8. The standard InChI is InChI=1S/C25H19Cl2N3O6S.Na/c1-13-10-11-18(21(27)24(13)37(33,34)35)29-30-22-15-7-4-3-6-14(15)12-16(23(22)31)25(32)28-17-8-5-9-19(36-2)20(17)26;/h3-12,31H,1-2H3,(H,28,32)(H,33,34,35);/q;+1/p-1. The van der Waals surface area contributed by atoms with Gasteiger partial charge in [-0.3, -0.25) is 9.35 Å². The third-order valence-electron chi connectivity index (χ3n) is 5.44. The second kappa shape index (κ2) is 12.0. The Kier molecular flexibility index (Phi) is 9.43. The molecule has 4 aromatic rings. The molecule has 13 heteroatoms. The van der Waals surface area contributed by atoms with Crippen molar-refractivity contribution in [1.29, 1.82) is 0 Å². The molecule has 0 aliphatic carbocycles. The number of hydrogen-bond acceptors (Lipinski definition) is 7. The van der Waals surface area contributed by atoms with E-state index in [1.807, 2.05) is 0 Å². The van der Waals surface area contributed by atoms with Gasteiger partial charge in [0.1, 0.15) is 21.4 Å². The first-order valence-electron chi connectivity index (χ1n) is 10.6. The van der Waals surface area contributed by atoms with Gasteiger partial charge in [0.2, 0.25) is 0 Å². The number of nitrogens with zero attached hydrogens (tertiary/aromatic N) is 2. The fourth-order valence-electron chi connectivity index (χ4n) is 3.67. The number of anilines is 1. The number of aryl methyl sites for hydroxylation is 1. The average Bonchev–Trinajstić information content (AvgIpc) is 2.84. The molecule has 0 saturated carbocycles. The molecule has 2 N–H and O–H groups in total. The van der Waals surface area contributed by atoms with Gasteiger partial charge >= 0.3 is 29.6 Å². The van der Waals surface area contributed by atoms with Crippen LogP contribution in [-0.4, -0.2) is 26.0 Å². The smallest absolute Gasteiger partial charge is 0.870 e. The molecule has 0 heterocycles. The topological polar surface area (TPSA) is 140 Å². The van der Waals surface area contributed by atoms with Crippen LogP contribution in [0.4, 0.5) is 17.1 Å². The van der Waals surface area contributed by atoms with E-state index in [0.29, 0.717) is 16.5 Å². The molecule has 4 aromatic carbocycles. The summed E-state index contributed by atoms with van der Waals surface area (Å²) in [5, 5.41) is 24.7. The molecule has 190 valence electrons. The number of rotatable bonds is 6. The number of amides is 1. The van der Waals surface area contributed by atoms with E-state index in [1.54, 1.807) is 42.5 Å². The number of nitrogens with one attached hydrogen (secondary N) is 1. The maximum absolute atomic E-state index is 13.4. The molecule has 0 fully saturated rings. The summed E-state index contributed by atoms with van der Waals surface area (Å²) in [6.07, 6.45) is 0. The third kappa shape index (κ3) is 5.97. The summed E-state index contributed by atoms with van der Waals surface area (Å²) in [5.41, 5.74) is -0.0335. The van der Waals surface area contributed by atoms with Crippen LogP contribution in [0, 0.1) is 6.92 Å². The van der Waals surface area contributed by atoms with E-state index in [-0.39, 0.29) is 67.8 Å². The van der Waals surface area contributed by atoms with Gasteiger partial charge in [-0.1, -0.05) is 65.3 Å². The van der Waals surface area contributed by atoms with Crippen molar-refractivity contribution in [3.63, 3.8) is 0 Å². The van der Waals surface area contributed by atoms with Crippen LogP contribution < -0.4 is 44.7 Å². The maximum Gasteiger partial charge on any atom is 1.00 e. The van der Waals surface area contributed by atoms with Crippen molar-refractivity contribution in [3.05, 3.63) is 81.8 Å². The Morgan fingerprint density at radius 1 is 1.03 bits per heavy atom. The Labute approximate surface area is 250 Å². The Morgan fingerprint density at radius 3 is 2.42 bits per heavy atom. The van der Waals surface area contributed by atoms with Crippen LogP contribution in [0.5, 0.6) is 11.5 Å². The van der Waals surface area contributed by atoms with Gasteiger partial charge < -0.3 is 15.2 Å². The number of ether oxygens (including phenoxy) is 1. The molecule has 0 atom stereocenters. The first-order valence-corrected chi connectivity index (χ1v) is 12.8. The first-order chi connectivity index (χ1) is 17.5. The van der Waals surface area contributed by atoms with Crippen molar-refractivity contribution < 1.29 is 57.2 Å². The van der Waals surface area contributed by atoms with E-state index < -0.39 is 26.7 Å². The molecule has 4 rings (SSSR count). The Bertz CT molecular complexity index is 1700. The fourth-order valence-corrected chi connectivity index (χ4v) is 5.27. The molecule has 38 heavy (non-hydrogen) atoms. The third-order valence-corrected chi connectivity index (χ3v) is 7.37. The molecular weight excluding hydrogens is 564 g/mol. The SMILES string of the molecule is COc1cccc(NC(=O)c2cc3ccccc3c(N=Nc3ccc(C)c(S(=O)(=O)O)c3Cl)c2[O-])c1Cl.[Na+]. The van der Waals surface area contributed by atoms with Gasteiger partial charge in [-0.25, -0.2) is 0 Å². The van der Waals surface area contributed by atoms with E-state index in [9.17, 15) is 22.9 Å². The number of benzene rings is 4. The van der Waals surface area contributed by atoms with Crippen LogP contribution >= 0.6 is 23.2 Å². The van der Waals surface area contributed by atoms with Gasteiger partial charge in [0.15, 0.2) is 0 Å². The van der Waals surface area contributed by atoms with Crippen LogP contribution in [0.1, 0.15) is 15.9 Å². The van der Waals surface area contributed by atoms with Gasteiger partial charge in [0.25, 0.3) is 16.0 Å². The Morgan fingerprint density at radius 2 is 1.74 bits per heavy atom. The summed E-state index contributed by atoms with van der Waals surface area (Å²) in [5.74, 6) is -1.12. The zero-order valence-corrected chi connectivity index (χ0v) is 24.6. The minimum Gasteiger partial charge on any atom is -0.870 e. The van der Waals surface area contributed by atoms with Crippen molar-refractivity contribution in [1.82, 2.24) is 0 Å². The van der Waals surface area contributed by atoms with Crippen LogP contribution in [0.15, 0.2) is 75.8 Å². The van der Waals surface area contributed by atoms with Crippen molar-refractivity contribution in [3.8, 4) is 11.5 Å². The number of carbonyl (C=O) groups is 1. The van der Waals surface area contributed by atoms with Crippen LogP contribution in [0.2, 0.25) is 10.0 Å². The molecule has 9 nitrogen and oxygen atoms in total. The van der Waals surface area contributed by atoms with Gasteiger partial charge in [-0.15, -0.1) is 5.11 Å². The zero-order chi connectivity index (χ0) is 26.9. The fraction of sp³-hybridized carbons (Fsp3) is 0.0800. The number of azo groups is 1. The minimum atomic E-state index is -4.64. The second-order valence-electron chi connectivity index (χ2n) is 7.82. The van der Waals surface area contributed by atoms with E-state index in [2.05, 4.69) is 15.5 Å². The molecule has 1 amide bonds. The number of fused-ring (bicyclic) bond motifs is 1. The molecular formula is C25H18Cl2N3NaO6S. The predicted molar refractivity (Wildman–Crippen MR) is 140 cm³/mol. The van der Waals surface area contributed by atoms with Crippen LogP contribution in [0.3, 0.4) is 0 Å². The number of carbonyl (C=O) groups excluding carboxylic acids is 1. The maximum atomic E-state index is 13.4. The summed E-state index contributed by atoms with van der Waals surface area (Å²) < 4.78 is 38.2. The van der Waals surface area contributed by atoms with Gasteiger partial charge in [0.05, 0.1) is 23.5 Å². The van der Waals surface area contributed by atoms with Gasteiger partial charge in [-0.2, -0.15) is 13.5 Å². The predicted octanol–water partition coefficient (Wildman–Crippen LogP) is 3.46. The Hall–Kier alpha value is -2.70. The number of hydrogen-bond donors (Lipinski definition) is 2. The molecule has 0 aliphatic rings. The van der Waals surface area contributed by atoms with Crippen molar-refractivity contribution in [2.75, 3.05) is 12.4 Å². The van der Waals surface area contributed by atoms with Crippen LogP contribution in [-0.2, 0) is 10.1 Å². The molecule has 0 aromatic heterocycles. The van der Waals surface area contributed by atoms with Crippen molar-refractivity contribution >= 4 is 67.1 Å². The minimum absolute atomic E-state index is 0.